The largest absolute Gasteiger partial charge is 0.338 e. The third-order valence-corrected chi connectivity index (χ3v) is 2.80. The SMILES string of the molecule is CCNC(=O)N(CC(C)C)CC1CCCN1. The second kappa shape index (κ2) is 6.74. The van der Waals surface area contributed by atoms with Crippen molar-refractivity contribution in [3.8, 4) is 0 Å². The van der Waals surface area contributed by atoms with Gasteiger partial charge >= 0.3 is 6.03 Å². The van der Waals surface area contributed by atoms with Gasteiger partial charge in [-0.25, -0.2) is 4.79 Å². The summed E-state index contributed by atoms with van der Waals surface area (Å²) in [6.45, 7) is 9.72. The summed E-state index contributed by atoms with van der Waals surface area (Å²) < 4.78 is 0. The van der Waals surface area contributed by atoms with E-state index < -0.39 is 0 Å². The van der Waals surface area contributed by atoms with E-state index in [2.05, 4.69) is 24.5 Å². The van der Waals surface area contributed by atoms with Crippen LogP contribution in [-0.2, 0) is 0 Å². The first-order valence-corrected chi connectivity index (χ1v) is 6.39. The van der Waals surface area contributed by atoms with Gasteiger partial charge in [-0.3, -0.25) is 0 Å². The van der Waals surface area contributed by atoms with Crippen LogP contribution in [0.4, 0.5) is 4.79 Å². The molecule has 4 nitrogen and oxygen atoms in total. The molecule has 0 aromatic heterocycles. The molecule has 94 valence electrons. The predicted octanol–water partition coefficient (Wildman–Crippen LogP) is 1.43. The van der Waals surface area contributed by atoms with E-state index in [1.165, 1.54) is 12.8 Å². The molecule has 1 unspecified atom stereocenters. The van der Waals surface area contributed by atoms with Crippen LogP contribution < -0.4 is 10.6 Å². The zero-order valence-electron chi connectivity index (χ0n) is 10.8. The lowest BCUT2D eigenvalue weighted by molar-refractivity contribution is 0.185. The Morgan fingerprint density at radius 1 is 1.56 bits per heavy atom. The average molecular weight is 227 g/mol. The van der Waals surface area contributed by atoms with Crippen molar-refractivity contribution in [2.75, 3.05) is 26.2 Å². The molecule has 2 N–H and O–H groups in total. The number of hydrogen-bond donors (Lipinski definition) is 2. The molecule has 1 aliphatic rings. The molecule has 0 saturated carbocycles. The first kappa shape index (κ1) is 13.3. The van der Waals surface area contributed by atoms with Gasteiger partial charge in [0.15, 0.2) is 0 Å². The highest BCUT2D eigenvalue weighted by atomic mass is 16.2. The summed E-state index contributed by atoms with van der Waals surface area (Å²) in [5, 5.41) is 6.32. The monoisotopic (exact) mass is 227 g/mol. The van der Waals surface area contributed by atoms with Gasteiger partial charge in [-0.2, -0.15) is 0 Å². The lowest BCUT2D eigenvalue weighted by atomic mass is 10.1. The van der Waals surface area contributed by atoms with E-state index in [0.717, 1.165) is 19.6 Å². The standard InChI is InChI=1S/C12H25N3O/c1-4-13-12(16)15(8-10(2)3)9-11-6-5-7-14-11/h10-11,14H,4-9H2,1-3H3,(H,13,16). The van der Waals surface area contributed by atoms with Crippen LogP contribution in [-0.4, -0.2) is 43.2 Å². The van der Waals surface area contributed by atoms with Crippen LogP contribution >= 0.6 is 0 Å². The number of amides is 2. The number of hydrogen-bond acceptors (Lipinski definition) is 2. The number of nitrogens with one attached hydrogen (secondary N) is 2. The van der Waals surface area contributed by atoms with Crippen LogP contribution in [0.1, 0.15) is 33.6 Å². The quantitative estimate of drug-likeness (QED) is 0.746. The van der Waals surface area contributed by atoms with Gasteiger partial charge in [0.2, 0.25) is 0 Å². The van der Waals surface area contributed by atoms with Gasteiger partial charge in [-0.05, 0) is 32.2 Å². The van der Waals surface area contributed by atoms with E-state index in [0.29, 0.717) is 18.5 Å². The summed E-state index contributed by atoms with van der Waals surface area (Å²) in [6.07, 6.45) is 2.42. The fraction of sp³-hybridized carbons (Fsp3) is 0.917. The lowest BCUT2D eigenvalue weighted by Gasteiger charge is -2.27. The van der Waals surface area contributed by atoms with Gasteiger partial charge in [0.1, 0.15) is 0 Å². The summed E-state index contributed by atoms with van der Waals surface area (Å²) in [5.74, 6) is 0.518. The van der Waals surface area contributed by atoms with Gasteiger partial charge in [0, 0.05) is 25.7 Å². The van der Waals surface area contributed by atoms with Gasteiger partial charge < -0.3 is 15.5 Å². The normalized spacial score (nSPS) is 20.1. The van der Waals surface area contributed by atoms with Crippen molar-refractivity contribution in [2.45, 2.75) is 39.7 Å². The molecule has 0 radical (unpaired) electrons. The Bertz CT molecular complexity index is 212. The van der Waals surface area contributed by atoms with Crippen LogP contribution in [0.25, 0.3) is 0 Å². The number of carbonyl (C=O) groups is 1. The minimum absolute atomic E-state index is 0.0740. The van der Waals surface area contributed by atoms with Crippen LogP contribution in [0.2, 0.25) is 0 Å². The minimum atomic E-state index is 0.0740. The Morgan fingerprint density at radius 3 is 2.81 bits per heavy atom. The number of nitrogens with zero attached hydrogens (tertiary/aromatic N) is 1. The number of rotatable bonds is 5. The summed E-state index contributed by atoms with van der Waals surface area (Å²) in [5.41, 5.74) is 0. The van der Waals surface area contributed by atoms with E-state index in [1.807, 2.05) is 11.8 Å². The van der Waals surface area contributed by atoms with Gasteiger partial charge in [0.05, 0.1) is 0 Å². The van der Waals surface area contributed by atoms with Gasteiger partial charge in [0.25, 0.3) is 0 Å². The summed E-state index contributed by atoms with van der Waals surface area (Å²) in [6, 6.07) is 0.561. The molecule has 16 heavy (non-hydrogen) atoms. The first-order valence-electron chi connectivity index (χ1n) is 6.39. The molecule has 0 aliphatic carbocycles. The van der Waals surface area contributed by atoms with Crippen LogP contribution in [0.3, 0.4) is 0 Å². The van der Waals surface area contributed by atoms with E-state index in [-0.39, 0.29) is 6.03 Å². The van der Waals surface area contributed by atoms with Gasteiger partial charge in [-0.15, -0.1) is 0 Å². The fourth-order valence-corrected chi connectivity index (χ4v) is 2.12. The van der Waals surface area contributed by atoms with E-state index in [1.54, 1.807) is 0 Å². The fourth-order valence-electron chi connectivity index (χ4n) is 2.12. The molecular formula is C12H25N3O. The zero-order chi connectivity index (χ0) is 12.0. The van der Waals surface area contributed by atoms with Crippen molar-refractivity contribution in [2.24, 2.45) is 5.92 Å². The highest BCUT2D eigenvalue weighted by Gasteiger charge is 2.21. The molecule has 0 aromatic rings. The van der Waals surface area contributed by atoms with Crippen molar-refractivity contribution in [1.82, 2.24) is 15.5 Å². The Balaban J connectivity index is 2.44. The predicted molar refractivity (Wildman–Crippen MR) is 66.5 cm³/mol. The summed E-state index contributed by atoms with van der Waals surface area (Å²) in [4.78, 5) is 13.8. The second-order valence-electron chi connectivity index (χ2n) is 4.93. The molecule has 4 heteroatoms. The van der Waals surface area contributed by atoms with Crippen LogP contribution in [0, 0.1) is 5.92 Å². The molecule has 1 saturated heterocycles. The van der Waals surface area contributed by atoms with Crippen LogP contribution in [0.5, 0.6) is 0 Å². The molecule has 2 amide bonds. The third-order valence-electron chi connectivity index (χ3n) is 2.80. The van der Waals surface area contributed by atoms with Gasteiger partial charge in [-0.1, -0.05) is 13.8 Å². The van der Waals surface area contributed by atoms with Crippen molar-refractivity contribution < 1.29 is 4.79 Å². The molecule has 0 spiro atoms. The average Bonchev–Trinajstić information content (AvgIpc) is 2.69. The highest BCUT2D eigenvalue weighted by molar-refractivity contribution is 5.74. The summed E-state index contributed by atoms with van der Waals surface area (Å²) >= 11 is 0. The van der Waals surface area contributed by atoms with Crippen molar-refractivity contribution in [3.05, 3.63) is 0 Å². The van der Waals surface area contributed by atoms with E-state index in [4.69, 9.17) is 0 Å². The number of urea groups is 1. The smallest absolute Gasteiger partial charge is 0.317 e. The zero-order valence-corrected chi connectivity index (χ0v) is 10.8. The van der Waals surface area contributed by atoms with E-state index >= 15 is 0 Å². The highest BCUT2D eigenvalue weighted by Crippen LogP contribution is 2.08. The summed E-state index contributed by atoms with van der Waals surface area (Å²) in [7, 11) is 0. The maximum absolute atomic E-state index is 11.9. The third kappa shape index (κ3) is 4.39. The lowest BCUT2D eigenvalue weighted by Crippen LogP contribution is -2.47. The van der Waals surface area contributed by atoms with Crippen molar-refractivity contribution >= 4 is 6.03 Å². The molecule has 1 rings (SSSR count). The van der Waals surface area contributed by atoms with E-state index in [9.17, 15) is 4.79 Å². The molecule has 0 bridgehead atoms. The molecule has 1 atom stereocenters. The van der Waals surface area contributed by atoms with Crippen molar-refractivity contribution in [1.29, 1.82) is 0 Å². The molecule has 1 heterocycles. The molecule has 0 aromatic carbocycles. The van der Waals surface area contributed by atoms with Crippen molar-refractivity contribution in [3.63, 3.8) is 0 Å². The Labute approximate surface area is 98.8 Å². The second-order valence-corrected chi connectivity index (χ2v) is 4.93. The molecule has 1 fully saturated rings. The Hall–Kier alpha value is -0.770. The molecule has 1 aliphatic heterocycles. The first-order chi connectivity index (χ1) is 7.63. The maximum Gasteiger partial charge on any atom is 0.317 e. The minimum Gasteiger partial charge on any atom is -0.338 e. The van der Waals surface area contributed by atoms with Crippen LogP contribution in [0.15, 0.2) is 0 Å². The topological polar surface area (TPSA) is 44.4 Å². The molecular weight excluding hydrogens is 202 g/mol. The Morgan fingerprint density at radius 2 is 2.31 bits per heavy atom. The Kier molecular flexibility index (Phi) is 5.60. The number of carbonyl (C=O) groups excluding carboxylic acids is 1. The maximum atomic E-state index is 11.9.